The average Bonchev–Trinajstić information content (AvgIpc) is 3.35. The second-order valence-electron chi connectivity index (χ2n) is 8.69. The molecule has 1 aliphatic heterocycles. The highest BCUT2D eigenvalue weighted by Crippen LogP contribution is 2.25. The number of amides is 1. The molecule has 10 nitrogen and oxygen atoms in total. The van der Waals surface area contributed by atoms with Crippen LogP contribution in [0.15, 0.2) is 48.7 Å². The normalized spacial score (nSPS) is 14.9. The summed E-state index contributed by atoms with van der Waals surface area (Å²) in [6, 6.07) is 13.9. The van der Waals surface area contributed by atoms with Crippen molar-refractivity contribution >= 4 is 28.7 Å². The molecule has 4 rings (SSSR count). The van der Waals surface area contributed by atoms with E-state index in [0.29, 0.717) is 18.8 Å². The lowest BCUT2D eigenvalue weighted by atomic mass is 10.1. The quantitative estimate of drug-likeness (QED) is 0.448. The molecule has 1 unspecified atom stereocenters. The maximum absolute atomic E-state index is 13.1. The number of aromatic nitrogens is 3. The molecule has 0 spiro atoms. The Balaban J connectivity index is 0.000000333. The van der Waals surface area contributed by atoms with E-state index >= 15 is 0 Å². The number of rotatable bonds is 4. The van der Waals surface area contributed by atoms with Gasteiger partial charge in [0.05, 0.1) is 23.8 Å². The summed E-state index contributed by atoms with van der Waals surface area (Å²) >= 11 is 0. The summed E-state index contributed by atoms with van der Waals surface area (Å²) in [6.07, 6.45) is -7.39. The molecule has 16 heteroatoms. The first-order valence-corrected chi connectivity index (χ1v) is 11.4. The minimum absolute atomic E-state index is 0.0157. The Morgan fingerprint density at radius 3 is 2.08 bits per heavy atom. The molecule has 3 aromatic rings. The highest BCUT2D eigenvalue weighted by Gasteiger charge is 2.39. The molecule has 40 heavy (non-hydrogen) atoms. The average molecular weight is 577 g/mol. The Morgan fingerprint density at radius 1 is 0.950 bits per heavy atom. The van der Waals surface area contributed by atoms with Gasteiger partial charge in [-0.2, -0.15) is 31.4 Å². The van der Waals surface area contributed by atoms with Gasteiger partial charge in [0.15, 0.2) is 0 Å². The van der Waals surface area contributed by atoms with Crippen molar-refractivity contribution in [2.24, 2.45) is 0 Å². The van der Waals surface area contributed by atoms with Crippen LogP contribution in [-0.4, -0.2) is 92.2 Å². The fourth-order valence-corrected chi connectivity index (χ4v) is 3.51. The van der Waals surface area contributed by atoms with Gasteiger partial charge < -0.3 is 20.0 Å². The number of hydrogen-bond donors (Lipinski definition) is 2. The highest BCUT2D eigenvalue weighted by molar-refractivity contribution is 5.95. The van der Waals surface area contributed by atoms with Gasteiger partial charge in [-0.25, -0.2) is 14.6 Å². The summed E-state index contributed by atoms with van der Waals surface area (Å²) in [5, 5.41) is 19.8. The van der Waals surface area contributed by atoms with Crippen LogP contribution < -0.4 is 0 Å². The standard InChI is InChI=1S/C20H23N5O.2C2HF3O2/c1-23(2)12-10-17-14-24(13-16-9-11-21-25(16)17)20(26)19-8-7-15-5-3-4-6-18(15)22-19;2*3-2(4,5)1(6)7/h3-9,11,17H,10,12-14H2,1-2H3;2*(H,6,7). The first kappa shape index (κ1) is 32.0. The van der Waals surface area contributed by atoms with Gasteiger partial charge in [-0.15, -0.1) is 0 Å². The molecule has 0 saturated carbocycles. The molecular weight excluding hydrogens is 552 g/mol. The largest absolute Gasteiger partial charge is 0.490 e. The maximum Gasteiger partial charge on any atom is 0.490 e. The molecule has 1 aliphatic rings. The van der Waals surface area contributed by atoms with Gasteiger partial charge in [0.25, 0.3) is 5.91 Å². The Kier molecular flexibility index (Phi) is 10.6. The minimum Gasteiger partial charge on any atom is -0.475 e. The molecular formula is C24H25F6N5O5. The van der Waals surface area contributed by atoms with Crippen LogP contribution in [0.5, 0.6) is 0 Å². The second-order valence-corrected chi connectivity index (χ2v) is 8.69. The molecule has 0 aliphatic carbocycles. The third-order valence-electron chi connectivity index (χ3n) is 5.38. The molecule has 1 amide bonds. The zero-order valence-electron chi connectivity index (χ0n) is 21.1. The lowest BCUT2D eigenvalue weighted by molar-refractivity contribution is -0.193. The summed E-state index contributed by atoms with van der Waals surface area (Å²) in [5.74, 6) is -5.53. The summed E-state index contributed by atoms with van der Waals surface area (Å²) in [5.41, 5.74) is 2.43. The van der Waals surface area contributed by atoms with Gasteiger partial charge in [-0.1, -0.05) is 24.3 Å². The Bertz CT molecular complexity index is 1300. The van der Waals surface area contributed by atoms with Gasteiger partial charge in [-0.05, 0) is 45.3 Å². The van der Waals surface area contributed by atoms with Crippen LogP contribution in [0.2, 0.25) is 0 Å². The third-order valence-corrected chi connectivity index (χ3v) is 5.38. The Hall–Kier alpha value is -4.21. The maximum atomic E-state index is 13.1. The zero-order chi connectivity index (χ0) is 30.3. The van der Waals surface area contributed by atoms with Crippen LogP contribution in [0.4, 0.5) is 26.3 Å². The number of carbonyl (C=O) groups excluding carboxylic acids is 1. The summed E-state index contributed by atoms with van der Waals surface area (Å²) in [4.78, 5) is 39.5. The number of para-hydroxylation sites is 1. The molecule has 1 atom stereocenters. The van der Waals surface area contributed by atoms with Crippen molar-refractivity contribution in [3.8, 4) is 0 Å². The number of pyridine rings is 1. The first-order chi connectivity index (χ1) is 18.5. The summed E-state index contributed by atoms with van der Waals surface area (Å²) in [6.45, 7) is 2.20. The van der Waals surface area contributed by atoms with E-state index in [9.17, 15) is 31.1 Å². The van der Waals surface area contributed by atoms with E-state index < -0.39 is 24.3 Å². The Morgan fingerprint density at radius 2 is 1.52 bits per heavy atom. The SMILES string of the molecule is CN(C)CCC1CN(C(=O)c2ccc3ccccc3n2)Cc2ccnn21.O=C(O)C(F)(F)F.O=C(O)C(F)(F)F. The van der Waals surface area contributed by atoms with Crippen molar-refractivity contribution in [2.45, 2.75) is 31.4 Å². The molecule has 0 fully saturated rings. The number of fused-ring (bicyclic) bond motifs is 2. The molecule has 0 radical (unpaired) electrons. The fraction of sp³-hybridized carbons (Fsp3) is 0.375. The van der Waals surface area contributed by atoms with Crippen molar-refractivity contribution in [1.29, 1.82) is 0 Å². The van der Waals surface area contributed by atoms with Gasteiger partial charge in [0.1, 0.15) is 5.69 Å². The van der Waals surface area contributed by atoms with Crippen LogP contribution in [-0.2, 0) is 16.1 Å². The molecule has 0 saturated heterocycles. The number of carboxylic acids is 2. The van der Waals surface area contributed by atoms with Crippen molar-refractivity contribution in [3.63, 3.8) is 0 Å². The monoisotopic (exact) mass is 577 g/mol. The lowest BCUT2D eigenvalue weighted by Crippen LogP contribution is -2.42. The van der Waals surface area contributed by atoms with Crippen molar-refractivity contribution in [2.75, 3.05) is 27.2 Å². The predicted octanol–water partition coefficient (Wildman–Crippen LogP) is 3.85. The molecule has 218 valence electrons. The van der Waals surface area contributed by atoms with Crippen molar-refractivity contribution < 1.29 is 50.9 Å². The molecule has 2 N–H and O–H groups in total. The van der Waals surface area contributed by atoms with E-state index in [4.69, 9.17) is 19.8 Å². The Labute approximate surface area is 223 Å². The lowest BCUT2D eigenvalue weighted by Gasteiger charge is -2.34. The number of hydrogen-bond acceptors (Lipinski definition) is 6. The fourth-order valence-electron chi connectivity index (χ4n) is 3.51. The van der Waals surface area contributed by atoms with Crippen LogP contribution in [0.25, 0.3) is 10.9 Å². The highest BCUT2D eigenvalue weighted by atomic mass is 19.4. The van der Waals surface area contributed by atoms with Crippen molar-refractivity contribution in [3.05, 3.63) is 60.0 Å². The van der Waals surface area contributed by atoms with E-state index in [0.717, 1.165) is 29.6 Å². The molecule has 0 bridgehead atoms. The van der Waals surface area contributed by atoms with Gasteiger partial charge in [-0.3, -0.25) is 9.48 Å². The summed E-state index contributed by atoms with van der Waals surface area (Å²) < 4.78 is 65.5. The molecule has 2 aromatic heterocycles. The topological polar surface area (TPSA) is 129 Å². The minimum atomic E-state index is -5.08. The van der Waals surface area contributed by atoms with Crippen molar-refractivity contribution in [1.82, 2.24) is 24.6 Å². The number of nitrogens with zero attached hydrogens (tertiary/aromatic N) is 5. The molecule has 3 heterocycles. The van der Waals surface area contributed by atoms with Gasteiger partial charge in [0.2, 0.25) is 0 Å². The third kappa shape index (κ3) is 9.21. The van der Waals surface area contributed by atoms with Crippen LogP contribution in [0.1, 0.15) is 28.6 Å². The summed E-state index contributed by atoms with van der Waals surface area (Å²) in [7, 11) is 4.13. The number of carboxylic acid groups (broad SMARTS) is 2. The number of halogens is 6. The van der Waals surface area contributed by atoms with Crippen LogP contribution in [0.3, 0.4) is 0 Å². The van der Waals surface area contributed by atoms with Crippen LogP contribution >= 0.6 is 0 Å². The molecule has 1 aromatic carbocycles. The van der Waals surface area contributed by atoms with E-state index in [1.807, 2.05) is 53.6 Å². The zero-order valence-corrected chi connectivity index (χ0v) is 21.1. The second kappa shape index (κ2) is 13.2. The van der Waals surface area contributed by atoms with E-state index in [-0.39, 0.29) is 11.9 Å². The number of aliphatic carboxylic acids is 2. The smallest absolute Gasteiger partial charge is 0.475 e. The number of benzene rings is 1. The van der Waals surface area contributed by atoms with E-state index in [2.05, 4.69) is 33.8 Å². The van der Waals surface area contributed by atoms with E-state index in [1.165, 1.54) is 0 Å². The van der Waals surface area contributed by atoms with Gasteiger partial charge >= 0.3 is 24.3 Å². The first-order valence-electron chi connectivity index (χ1n) is 11.4. The number of alkyl halides is 6. The number of carbonyl (C=O) groups is 3. The van der Waals surface area contributed by atoms with Gasteiger partial charge in [0, 0.05) is 18.1 Å². The van der Waals surface area contributed by atoms with Crippen LogP contribution in [0, 0.1) is 0 Å². The predicted molar refractivity (Wildman–Crippen MR) is 128 cm³/mol. The van der Waals surface area contributed by atoms with E-state index in [1.54, 1.807) is 0 Å².